The molecule has 0 saturated carbocycles. The maximum absolute atomic E-state index is 3.92. The molecule has 56 valence electrons. The van der Waals surface area contributed by atoms with E-state index in [0.29, 0.717) is 0 Å². The van der Waals surface area contributed by atoms with Crippen LogP contribution in [0.5, 0.6) is 0 Å². The molecular formula is C7H11NS2. The van der Waals surface area contributed by atoms with E-state index in [0.717, 1.165) is 6.54 Å². The van der Waals surface area contributed by atoms with Gasteiger partial charge in [0, 0.05) is 0 Å². The molecule has 1 aliphatic rings. The van der Waals surface area contributed by atoms with Gasteiger partial charge in [0.2, 0.25) is 0 Å². The zero-order valence-corrected chi connectivity index (χ0v) is 7.55. The summed E-state index contributed by atoms with van der Waals surface area (Å²) in [4.78, 5) is 2.37. The minimum absolute atomic E-state index is 0.924. The van der Waals surface area contributed by atoms with E-state index >= 15 is 0 Å². The standard InChI is InChI=1S/C7H11NS2/c9-10-7-3-6-8-4-1-2-5-8/h9H,1-2,4-6H2. The molecule has 1 fully saturated rings. The van der Waals surface area contributed by atoms with Crippen LogP contribution in [0.3, 0.4) is 0 Å². The minimum atomic E-state index is 0.924. The second-order valence-corrected chi connectivity index (χ2v) is 3.29. The lowest BCUT2D eigenvalue weighted by atomic mass is 10.4. The molecule has 0 aliphatic carbocycles. The summed E-state index contributed by atoms with van der Waals surface area (Å²) in [5.41, 5.74) is 0. The van der Waals surface area contributed by atoms with Crippen LogP contribution in [0, 0.1) is 11.2 Å². The average molecular weight is 173 g/mol. The second-order valence-electron chi connectivity index (χ2n) is 2.35. The Bertz CT molecular complexity index is 141. The van der Waals surface area contributed by atoms with E-state index in [1.165, 1.54) is 36.7 Å². The summed E-state index contributed by atoms with van der Waals surface area (Å²) in [5, 5.41) is 2.86. The zero-order chi connectivity index (χ0) is 7.23. The summed E-state index contributed by atoms with van der Waals surface area (Å²) in [6, 6.07) is 0. The van der Waals surface area contributed by atoms with E-state index in [9.17, 15) is 0 Å². The fraction of sp³-hybridized carbons (Fsp3) is 0.714. The summed E-state index contributed by atoms with van der Waals surface area (Å²) in [5.74, 6) is 3.04. The second kappa shape index (κ2) is 4.95. The van der Waals surface area contributed by atoms with Gasteiger partial charge in [0.05, 0.1) is 6.54 Å². The van der Waals surface area contributed by atoms with Gasteiger partial charge in [-0.1, -0.05) is 17.6 Å². The zero-order valence-electron chi connectivity index (χ0n) is 5.84. The van der Waals surface area contributed by atoms with Crippen LogP contribution in [-0.2, 0) is 0 Å². The van der Waals surface area contributed by atoms with Crippen molar-refractivity contribution < 1.29 is 0 Å². The van der Waals surface area contributed by atoms with Crippen molar-refractivity contribution in [3.8, 4) is 11.2 Å². The van der Waals surface area contributed by atoms with E-state index in [4.69, 9.17) is 0 Å². The van der Waals surface area contributed by atoms with Crippen molar-refractivity contribution >= 4 is 22.5 Å². The summed E-state index contributed by atoms with van der Waals surface area (Å²) in [6.45, 7) is 3.38. The molecule has 1 aliphatic heterocycles. The van der Waals surface area contributed by atoms with Crippen molar-refractivity contribution in [2.45, 2.75) is 12.8 Å². The molecule has 0 aromatic heterocycles. The summed E-state index contributed by atoms with van der Waals surface area (Å²) in [7, 11) is 1.29. The number of hydrogen-bond acceptors (Lipinski definition) is 3. The Morgan fingerprint density at radius 2 is 2.10 bits per heavy atom. The predicted octanol–water partition coefficient (Wildman–Crippen LogP) is 1.62. The fourth-order valence-corrected chi connectivity index (χ4v) is 1.44. The summed E-state index contributed by atoms with van der Waals surface area (Å²) in [6.07, 6.45) is 2.69. The van der Waals surface area contributed by atoms with Crippen LogP contribution < -0.4 is 0 Å². The number of hydrogen-bond donors (Lipinski definition) is 1. The monoisotopic (exact) mass is 173 g/mol. The highest BCUT2D eigenvalue weighted by atomic mass is 33.1. The van der Waals surface area contributed by atoms with Gasteiger partial charge in [0.1, 0.15) is 0 Å². The van der Waals surface area contributed by atoms with Gasteiger partial charge in [0.25, 0.3) is 0 Å². The smallest absolute Gasteiger partial charge is 0.0610 e. The molecule has 0 spiro atoms. The van der Waals surface area contributed by atoms with Crippen molar-refractivity contribution in [3.05, 3.63) is 0 Å². The summed E-state index contributed by atoms with van der Waals surface area (Å²) >= 11 is 3.92. The van der Waals surface area contributed by atoms with E-state index < -0.39 is 0 Å². The van der Waals surface area contributed by atoms with Gasteiger partial charge in [-0.3, -0.25) is 4.90 Å². The number of rotatable bonds is 1. The third kappa shape index (κ3) is 2.87. The van der Waals surface area contributed by atoms with Crippen LogP contribution >= 0.6 is 22.5 Å². The molecule has 1 rings (SSSR count). The third-order valence-electron chi connectivity index (χ3n) is 1.62. The van der Waals surface area contributed by atoms with Crippen molar-refractivity contribution in [1.82, 2.24) is 4.90 Å². The number of nitrogens with zero attached hydrogens (tertiary/aromatic N) is 1. The molecule has 1 nitrogen and oxygen atoms in total. The highest BCUT2D eigenvalue weighted by Gasteiger charge is 2.08. The first-order valence-corrected chi connectivity index (χ1v) is 5.31. The van der Waals surface area contributed by atoms with Crippen molar-refractivity contribution in [1.29, 1.82) is 0 Å². The molecule has 3 heteroatoms. The number of thiol groups is 1. The Morgan fingerprint density at radius 3 is 2.70 bits per heavy atom. The van der Waals surface area contributed by atoms with E-state index in [1.54, 1.807) is 0 Å². The molecule has 0 amide bonds. The maximum Gasteiger partial charge on any atom is 0.0610 e. The van der Waals surface area contributed by atoms with Crippen LogP contribution in [0.15, 0.2) is 0 Å². The minimum Gasteiger partial charge on any atom is -0.292 e. The molecule has 0 atom stereocenters. The van der Waals surface area contributed by atoms with Crippen LogP contribution in [0.1, 0.15) is 12.8 Å². The van der Waals surface area contributed by atoms with Gasteiger partial charge in [-0.15, -0.1) is 0 Å². The first kappa shape index (κ1) is 8.32. The lowest BCUT2D eigenvalue weighted by Gasteiger charge is -2.07. The Labute approximate surface area is 71.4 Å². The highest BCUT2D eigenvalue weighted by molar-refractivity contribution is 8.70. The predicted molar refractivity (Wildman–Crippen MR) is 50.0 cm³/mol. The van der Waals surface area contributed by atoms with Crippen molar-refractivity contribution in [2.24, 2.45) is 0 Å². The molecular weight excluding hydrogens is 162 g/mol. The molecule has 0 aromatic rings. The quantitative estimate of drug-likeness (QED) is 0.365. The van der Waals surface area contributed by atoms with Crippen LogP contribution in [0.4, 0.5) is 0 Å². The first-order valence-electron chi connectivity index (χ1n) is 3.44. The lowest BCUT2D eigenvalue weighted by molar-refractivity contribution is 0.383. The lowest BCUT2D eigenvalue weighted by Crippen LogP contribution is -2.18. The average Bonchev–Trinajstić information content (AvgIpc) is 2.41. The Kier molecular flexibility index (Phi) is 4.12. The molecule has 0 unspecified atom stereocenters. The van der Waals surface area contributed by atoms with Crippen LogP contribution in [0.25, 0.3) is 0 Å². The van der Waals surface area contributed by atoms with E-state index in [2.05, 4.69) is 27.7 Å². The van der Waals surface area contributed by atoms with E-state index in [-0.39, 0.29) is 0 Å². The first-order chi connectivity index (χ1) is 4.93. The molecule has 1 saturated heterocycles. The van der Waals surface area contributed by atoms with Gasteiger partial charge in [-0.25, -0.2) is 0 Å². The fourth-order valence-electron chi connectivity index (χ4n) is 1.12. The Hall–Kier alpha value is 0.220. The topological polar surface area (TPSA) is 3.24 Å². The third-order valence-corrected chi connectivity index (χ3v) is 2.13. The molecule has 0 bridgehead atoms. The normalized spacial score (nSPS) is 18.5. The SMILES string of the molecule is SSC#CCN1CCCC1. The van der Waals surface area contributed by atoms with Gasteiger partial charge in [-0.05, 0) is 42.0 Å². The summed E-state index contributed by atoms with van der Waals surface area (Å²) < 4.78 is 0. The van der Waals surface area contributed by atoms with Gasteiger partial charge < -0.3 is 0 Å². The molecule has 0 N–H and O–H groups in total. The number of likely N-dealkylation sites (tertiary alicyclic amines) is 1. The maximum atomic E-state index is 3.92. The van der Waals surface area contributed by atoms with Gasteiger partial charge in [-0.2, -0.15) is 0 Å². The highest BCUT2D eigenvalue weighted by Crippen LogP contribution is 2.06. The van der Waals surface area contributed by atoms with E-state index in [1.807, 2.05) is 0 Å². The molecule has 10 heavy (non-hydrogen) atoms. The molecule has 0 radical (unpaired) electrons. The van der Waals surface area contributed by atoms with Gasteiger partial charge >= 0.3 is 0 Å². The largest absolute Gasteiger partial charge is 0.292 e. The van der Waals surface area contributed by atoms with Crippen LogP contribution in [-0.4, -0.2) is 24.5 Å². The van der Waals surface area contributed by atoms with Crippen LogP contribution in [0.2, 0.25) is 0 Å². The molecule has 1 heterocycles. The van der Waals surface area contributed by atoms with Crippen molar-refractivity contribution in [3.63, 3.8) is 0 Å². The van der Waals surface area contributed by atoms with Crippen molar-refractivity contribution in [2.75, 3.05) is 19.6 Å². The Morgan fingerprint density at radius 1 is 1.40 bits per heavy atom. The Balaban J connectivity index is 2.12. The molecule has 0 aromatic carbocycles. The van der Waals surface area contributed by atoms with Gasteiger partial charge in [0.15, 0.2) is 0 Å².